The van der Waals surface area contributed by atoms with E-state index in [1.54, 1.807) is 24.8 Å². The number of thiophene rings is 1. The normalized spacial score (nSPS) is 20.5. The van der Waals surface area contributed by atoms with Crippen molar-refractivity contribution in [3.8, 4) is 0 Å². The summed E-state index contributed by atoms with van der Waals surface area (Å²) in [6.45, 7) is 1.28. The lowest BCUT2D eigenvalue weighted by Crippen LogP contribution is -2.46. The first-order valence-corrected chi connectivity index (χ1v) is 13.3. The van der Waals surface area contributed by atoms with Gasteiger partial charge in [0.05, 0.1) is 28.9 Å². The summed E-state index contributed by atoms with van der Waals surface area (Å²) in [7, 11) is 1.61. The molecule has 4 heterocycles. The number of nitrogens with one attached hydrogen (secondary N) is 3. The van der Waals surface area contributed by atoms with Gasteiger partial charge in [0.15, 0.2) is 0 Å². The average Bonchev–Trinajstić information content (AvgIpc) is 3.55. The third-order valence-electron chi connectivity index (χ3n) is 6.85. The number of benzene rings is 1. The highest BCUT2D eigenvalue weighted by Crippen LogP contribution is 2.39. The Labute approximate surface area is 208 Å². The second kappa shape index (κ2) is 9.36. The second-order valence-corrected chi connectivity index (χ2v) is 11.1. The van der Waals surface area contributed by atoms with Gasteiger partial charge in [-0.3, -0.25) is 4.79 Å². The number of hydrogen-bond acceptors (Lipinski definition) is 10. The number of aromatic amines is 1. The maximum atomic E-state index is 13.1. The van der Waals surface area contributed by atoms with Gasteiger partial charge < -0.3 is 15.1 Å². The number of nitroso groups, excluding NO2 is 1. The molecule has 1 fully saturated rings. The number of hydrogen-bond donors (Lipinski definition) is 3. The van der Waals surface area contributed by atoms with Crippen LogP contribution < -0.4 is 15.7 Å². The molecule has 0 radical (unpaired) electrons. The number of fused-ring (bicyclic) bond motifs is 4. The third kappa shape index (κ3) is 4.36. The van der Waals surface area contributed by atoms with Crippen molar-refractivity contribution < 1.29 is 9.60 Å². The molecule has 0 spiro atoms. The van der Waals surface area contributed by atoms with Gasteiger partial charge in [-0.2, -0.15) is 5.48 Å². The maximum absolute atomic E-state index is 13.1. The monoisotopic (exact) mass is 512 g/mol. The van der Waals surface area contributed by atoms with Gasteiger partial charge in [-0.05, 0) is 43.0 Å². The Balaban J connectivity index is 1.23. The summed E-state index contributed by atoms with van der Waals surface area (Å²) >= 11 is 2.85. The second-order valence-electron chi connectivity index (χ2n) is 9.00. The van der Waals surface area contributed by atoms with Crippen LogP contribution in [0.2, 0.25) is 0 Å². The Bertz CT molecular complexity index is 1460. The van der Waals surface area contributed by atoms with Crippen molar-refractivity contribution in [3.05, 3.63) is 49.5 Å². The summed E-state index contributed by atoms with van der Waals surface area (Å²) in [5.74, 6) is 0.762. The van der Waals surface area contributed by atoms with Crippen LogP contribution in [0, 0.1) is 4.91 Å². The molecule has 10 nitrogen and oxygen atoms in total. The van der Waals surface area contributed by atoms with Crippen molar-refractivity contribution in [2.45, 2.75) is 44.3 Å². The van der Waals surface area contributed by atoms with Crippen molar-refractivity contribution in [1.29, 1.82) is 0 Å². The fourth-order valence-corrected chi connectivity index (χ4v) is 7.19. The summed E-state index contributed by atoms with van der Waals surface area (Å²) < 4.78 is 2.14. The number of anilines is 2. The topological polar surface area (TPSA) is 115 Å². The summed E-state index contributed by atoms with van der Waals surface area (Å²) in [5.41, 5.74) is 5.94. The Morgan fingerprint density at radius 3 is 3.09 bits per heavy atom. The molecule has 1 aromatic carbocycles. The quantitative estimate of drug-likeness (QED) is 0.255. The molecule has 1 saturated heterocycles. The third-order valence-corrected chi connectivity index (χ3v) is 8.86. The highest BCUT2D eigenvalue weighted by molar-refractivity contribution is 7.19. The van der Waals surface area contributed by atoms with E-state index in [9.17, 15) is 9.70 Å². The number of H-pyrrole nitrogens is 1. The highest BCUT2D eigenvalue weighted by atomic mass is 32.1. The fourth-order valence-electron chi connectivity index (χ4n) is 5.15. The van der Waals surface area contributed by atoms with E-state index in [-0.39, 0.29) is 17.1 Å². The number of likely N-dealkylation sites (tertiary alicyclic amines) is 1. The SMILES string of the molecule is CONC1CCCN1C[N+](=O)C1CCc2c(sc3ncnc(Nc4ccc5[nH]c(=O)sc5c4)c23)C1. The van der Waals surface area contributed by atoms with Crippen LogP contribution in [0.4, 0.5) is 11.5 Å². The van der Waals surface area contributed by atoms with Crippen LogP contribution in [-0.2, 0) is 17.7 Å². The molecule has 3 N–H and O–H groups in total. The summed E-state index contributed by atoms with van der Waals surface area (Å²) in [6.07, 6.45) is 6.05. The van der Waals surface area contributed by atoms with E-state index in [1.165, 1.54) is 26.5 Å². The molecule has 182 valence electrons. The van der Waals surface area contributed by atoms with E-state index < -0.39 is 0 Å². The minimum absolute atomic E-state index is 0.0532. The number of aryl methyl sites for hydroxylation is 1. The van der Waals surface area contributed by atoms with Crippen LogP contribution in [0.5, 0.6) is 0 Å². The summed E-state index contributed by atoms with van der Waals surface area (Å²) in [4.78, 5) is 46.0. The zero-order valence-corrected chi connectivity index (χ0v) is 20.9. The number of rotatable bonds is 7. The van der Waals surface area contributed by atoms with E-state index >= 15 is 0 Å². The van der Waals surface area contributed by atoms with E-state index in [1.807, 2.05) is 18.2 Å². The molecule has 2 atom stereocenters. The van der Waals surface area contributed by atoms with Crippen LogP contribution in [0.3, 0.4) is 0 Å². The average molecular weight is 513 g/mol. The van der Waals surface area contributed by atoms with Crippen LogP contribution >= 0.6 is 22.7 Å². The van der Waals surface area contributed by atoms with Crippen LogP contribution in [0.1, 0.15) is 29.7 Å². The summed E-state index contributed by atoms with van der Waals surface area (Å²) in [5, 5.41) is 4.47. The van der Waals surface area contributed by atoms with Crippen LogP contribution in [-0.4, -0.2) is 57.1 Å². The van der Waals surface area contributed by atoms with Gasteiger partial charge >= 0.3 is 4.87 Å². The number of nitrogens with zero attached hydrogens (tertiary/aromatic N) is 4. The smallest absolute Gasteiger partial charge is 0.305 e. The molecule has 1 aliphatic heterocycles. The first-order chi connectivity index (χ1) is 17.1. The fraction of sp³-hybridized carbons (Fsp3) is 0.435. The van der Waals surface area contributed by atoms with Crippen molar-refractivity contribution in [3.63, 3.8) is 0 Å². The standard InChI is InChI=1S/C23H25N7O3S2/c1-33-28-19-3-2-8-29(19)12-30(32)14-5-6-15-17(10-14)34-22-20(15)21(24-11-25-22)26-13-4-7-16-18(9-13)35-23(31)27-16/h4,7,9,11,14,19,28H,2-3,5-6,8,10,12H2,1H3,(H-,24,25,26,27,31)/p+1. The predicted molar refractivity (Wildman–Crippen MR) is 137 cm³/mol. The molecular formula is C23H26N7O3S2+. The van der Waals surface area contributed by atoms with Gasteiger partial charge in [0.2, 0.25) is 12.7 Å². The van der Waals surface area contributed by atoms with Gasteiger partial charge in [-0.15, -0.1) is 11.3 Å². The predicted octanol–water partition coefficient (Wildman–Crippen LogP) is 3.50. The Morgan fingerprint density at radius 1 is 1.29 bits per heavy atom. The first-order valence-electron chi connectivity index (χ1n) is 11.7. The Kier molecular flexibility index (Phi) is 6.06. The van der Waals surface area contributed by atoms with E-state index in [2.05, 4.69) is 30.6 Å². The molecular weight excluding hydrogens is 486 g/mol. The van der Waals surface area contributed by atoms with E-state index in [4.69, 9.17) is 4.84 Å². The zero-order valence-electron chi connectivity index (χ0n) is 19.2. The van der Waals surface area contributed by atoms with Crippen LogP contribution in [0.15, 0.2) is 29.3 Å². The van der Waals surface area contributed by atoms with E-state index in [0.717, 1.165) is 70.6 Å². The maximum Gasteiger partial charge on any atom is 0.305 e. The largest absolute Gasteiger partial charge is 0.340 e. The number of aromatic nitrogens is 3. The van der Waals surface area contributed by atoms with Crippen molar-refractivity contribution >= 4 is 54.6 Å². The van der Waals surface area contributed by atoms with Crippen molar-refractivity contribution in [1.82, 2.24) is 25.3 Å². The van der Waals surface area contributed by atoms with Gasteiger partial charge in [-0.25, -0.2) is 14.9 Å². The molecule has 12 heteroatoms. The molecule has 0 amide bonds. The molecule has 1 aliphatic carbocycles. The van der Waals surface area contributed by atoms with E-state index in [0.29, 0.717) is 6.67 Å². The summed E-state index contributed by atoms with van der Waals surface area (Å²) in [6, 6.07) is 5.74. The molecule has 4 aromatic rings. The molecule has 0 saturated carbocycles. The van der Waals surface area contributed by atoms with Gasteiger partial charge in [-0.1, -0.05) is 11.3 Å². The molecule has 35 heavy (non-hydrogen) atoms. The molecule has 6 rings (SSSR count). The lowest BCUT2D eigenvalue weighted by atomic mass is 9.93. The molecule has 2 unspecified atom stereocenters. The van der Waals surface area contributed by atoms with Gasteiger partial charge in [0.1, 0.15) is 17.0 Å². The van der Waals surface area contributed by atoms with Crippen LogP contribution in [0.25, 0.3) is 20.4 Å². The molecule has 0 bridgehead atoms. The zero-order chi connectivity index (χ0) is 23.9. The Hall–Kier alpha value is -2.77. The minimum atomic E-state index is -0.0642. The molecule has 3 aromatic heterocycles. The minimum Gasteiger partial charge on any atom is -0.340 e. The highest BCUT2D eigenvalue weighted by Gasteiger charge is 2.37. The Morgan fingerprint density at radius 2 is 2.20 bits per heavy atom. The van der Waals surface area contributed by atoms with Crippen molar-refractivity contribution in [2.24, 2.45) is 0 Å². The lowest BCUT2D eigenvalue weighted by Gasteiger charge is -2.23. The number of thiazole rings is 1. The van der Waals surface area contributed by atoms with Crippen molar-refractivity contribution in [2.75, 3.05) is 25.6 Å². The molecule has 2 aliphatic rings. The van der Waals surface area contributed by atoms with Gasteiger partial charge in [0.25, 0.3) is 0 Å². The first kappa shape index (κ1) is 22.7. The number of hydroxylamine groups is 1. The lowest BCUT2D eigenvalue weighted by molar-refractivity contribution is -0.606. The van der Waals surface area contributed by atoms with Gasteiger partial charge in [0, 0.05) is 39.6 Å².